The van der Waals surface area contributed by atoms with E-state index in [9.17, 15) is 19.5 Å². The summed E-state index contributed by atoms with van der Waals surface area (Å²) in [5.74, 6) is -1.58. The zero-order valence-corrected chi connectivity index (χ0v) is 16.8. The standard InChI is InChI=1S/C19H27NO5S/c1-6-25-15-10-19(17(23)24,18(15,4)5)20-16(22)8-7-14(21)13-9-11(2)26-12(13)3/h9,15H,6-8,10H2,1-5H3,(H,20,22)(H,23,24). The Balaban J connectivity index is 2.00. The number of aryl methyl sites for hydroxylation is 2. The van der Waals surface area contributed by atoms with Gasteiger partial charge in [0.25, 0.3) is 0 Å². The zero-order valence-electron chi connectivity index (χ0n) is 16.0. The topological polar surface area (TPSA) is 92.7 Å². The van der Waals surface area contributed by atoms with Gasteiger partial charge in [0.2, 0.25) is 5.91 Å². The second-order valence-corrected chi connectivity index (χ2v) is 8.84. The number of Topliss-reactive ketones (excluding diaryl/α,β-unsaturated/α-hetero) is 1. The summed E-state index contributed by atoms with van der Waals surface area (Å²) >= 11 is 1.55. The first-order valence-electron chi connectivity index (χ1n) is 8.81. The number of thiophene rings is 1. The van der Waals surface area contributed by atoms with Crippen molar-refractivity contribution < 1.29 is 24.2 Å². The molecule has 1 saturated carbocycles. The largest absolute Gasteiger partial charge is 0.479 e. The molecule has 1 aliphatic rings. The van der Waals surface area contributed by atoms with E-state index in [1.807, 2.05) is 26.8 Å². The summed E-state index contributed by atoms with van der Waals surface area (Å²) in [4.78, 5) is 38.6. The van der Waals surface area contributed by atoms with Crippen LogP contribution in [-0.4, -0.2) is 41.0 Å². The van der Waals surface area contributed by atoms with Crippen molar-refractivity contribution in [3.05, 3.63) is 21.4 Å². The van der Waals surface area contributed by atoms with Crippen molar-refractivity contribution in [3.63, 3.8) is 0 Å². The van der Waals surface area contributed by atoms with E-state index in [-0.39, 0.29) is 31.1 Å². The minimum absolute atomic E-state index is 0.0302. The van der Waals surface area contributed by atoms with Crippen LogP contribution in [0.15, 0.2) is 6.07 Å². The molecule has 0 aliphatic heterocycles. The second kappa shape index (κ2) is 7.48. The maximum absolute atomic E-state index is 12.4. The van der Waals surface area contributed by atoms with Gasteiger partial charge in [-0.1, -0.05) is 13.8 Å². The first-order chi connectivity index (χ1) is 12.0. The van der Waals surface area contributed by atoms with Crippen molar-refractivity contribution in [1.82, 2.24) is 5.32 Å². The lowest BCUT2D eigenvalue weighted by molar-refractivity contribution is -0.194. The molecule has 1 aromatic rings. The van der Waals surface area contributed by atoms with E-state index < -0.39 is 22.8 Å². The van der Waals surface area contributed by atoms with E-state index in [1.54, 1.807) is 25.2 Å². The van der Waals surface area contributed by atoms with E-state index in [1.165, 1.54) is 0 Å². The molecule has 0 spiro atoms. The third kappa shape index (κ3) is 3.55. The molecular weight excluding hydrogens is 354 g/mol. The van der Waals surface area contributed by atoms with Crippen LogP contribution >= 0.6 is 11.3 Å². The maximum Gasteiger partial charge on any atom is 0.330 e. The highest BCUT2D eigenvalue weighted by atomic mass is 32.1. The fourth-order valence-electron chi connectivity index (χ4n) is 3.61. The van der Waals surface area contributed by atoms with Crippen LogP contribution in [0.3, 0.4) is 0 Å². The van der Waals surface area contributed by atoms with Gasteiger partial charge >= 0.3 is 5.97 Å². The molecule has 1 heterocycles. The molecular formula is C19H27NO5S. The van der Waals surface area contributed by atoms with Gasteiger partial charge < -0.3 is 15.2 Å². The fourth-order valence-corrected chi connectivity index (χ4v) is 4.55. The summed E-state index contributed by atoms with van der Waals surface area (Å²) in [5, 5.41) is 12.4. The van der Waals surface area contributed by atoms with Crippen LogP contribution in [0, 0.1) is 19.3 Å². The van der Waals surface area contributed by atoms with E-state index in [0.29, 0.717) is 12.2 Å². The van der Waals surface area contributed by atoms with Crippen LogP contribution in [0.4, 0.5) is 0 Å². The summed E-state index contributed by atoms with van der Waals surface area (Å²) < 4.78 is 5.58. The summed E-state index contributed by atoms with van der Waals surface area (Å²) in [5.41, 5.74) is -1.44. The number of ketones is 1. The Bertz CT molecular complexity index is 724. The maximum atomic E-state index is 12.4. The molecule has 2 unspecified atom stereocenters. The molecule has 1 amide bonds. The van der Waals surface area contributed by atoms with Crippen molar-refractivity contribution in [2.75, 3.05) is 6.61 Å². The normalized spacial score (nSPS) is 24.0. The molecule has 26 heavy (non-hydrogen) atoms. The lowest BCUT2D eigenvalue weighted by atomic mass is 9.54. The van der Waals surface area contributed by atoms with Crippen molar-refractivity contribution >= 4 is 29.0 Å². The number of nitrogens with one attached hydrogen (secondary N) is 1. The summed E-state index contributed by atoms with van der Waals surface area (Å²) in [6.45, 7) is 9.74. The first-order valence-corrected chi connectivity index (χ1v) is 9.63. The number of carboxylic acids is 1. The van der Waals surface area contributed by atoms with Crippen molar-refractivity contribution in [3.8, 4) is 0 Å². The number of ether oxygens (including phenoxy) is 1. The Morgan fingerprint density at radius 2 is 1.96 bits per heavy atom. The Hall–Kier alpha value is -1.73. The number of aliphatic carboxylic acids is 1. The van der Waals surface area contributed by atoms with Crippen LogP contribution < -0.4 is 5.32 Å². The smallest absolute Gasteiger partial charge is 0.330 e. The van der Waals surface area contributed by atoms with Gasteiger partial charge in [0.1, 0.15) is 5.54 Å². The Morgan fingerprint density at radius 3 is 2.42 bits per heavy atom. The monoisotopic (exact) mass is 381 g/mol. The second-order valence-electron chi connectivity index (χ2n) is 7.38. The van der Waals surface area contributed by atoms with E-state index in [2.05, 4.69) is 5.32 Å². The Morgan fingerprint density at radius 1 is 1.31 bits per heavy atom. The predicted molar refractivity (Wildman–Crippen MR) is 99.7 cm³/mol. The number of carbonyl (C=O) groups is 3. The van der Waals surface area contributed by atoms with Gasteiger partial charge in [-0.2, -0.15) is 0 Å². The number of amides is 1. The Labute approximate surface area is 157 Å². The number of hydrogen-bond acceptors (Lipinski definition) is 5. The molecule has 1 fully saturated rings. The molecule has 144 valence electrons. The van der Waals surface area contributed by atoms with Gasteiger partial charge in [0.15, 0.2) is 5.78 Å². The van der Waals surface area contributed by atoms with Crippen LogP contribution in [-0.2, 0) is 14.3 Å². The first kappa shape index (κ1) is 20.6. The van der Waals surface area contributed by atoms with Crippen molar-refractivity contribution in [2.24, 2.45) is 5.41 Å². The molecule has 2 atom stereocenters. The molecule has 2 N–H and O–H groups in total. The van der Waals surface area contributed by atoms with Crippen molar-refractivity contribution in [2.45, 2.75) is 65.5 Å². The summed E-state index contributed by atoms with van der Waals surface area (Å²) in [7, 11) is 0. The van der Waals surface area contributed by atoms with Gasteiger partial charge in [-0.25, -0.2) is 4.79 Å². The molecule has 1 aromatic heterocycles. The molecule has 0 radical (unpaired) electrons. The van der Waals surface area contributed by atoms with E-state index >= 15 is 0 Å². The van der Waals surface area contributed by atoms with Gasteiger partial charge in [-0.05, 0) is 26.8 Å². The molecule has 0 aromatic carbocycles. The lowest BCUT2D eigenvalue weighted by Gasteiger charge is -2.58. The third-order valence-electron chi connectivity index (χ3n) is 5.40. The predicted octanol–water partition coefficient (Wildman–Crippen LogP) is 3.10. The zero-order chi connectivity index (χ0) is 19.7. The molecule has 0 bridgehead atoms. The highest BCUT2D eigenvalue weighted by Crippen LogP contribution is 2.51. The minimum atomic E-state index is -1.36. The SMILES string of the molecule is CCOC1CC(NC(=O)CCC(=O)c2cc(C)sc2C)(C(=O)O)C1(C)C. The number of hydrogen-bond donors (Lipinski definition) is 2. The molecule has 7 heteroatoms. The van der Waals surface area contributed by atoms with Crippen LogP contribution in [0.1, 0.15) is 60.1 Å². The lowest BCUT2D eigenvalue weighted by Crippen LogP contribution is -2.76. The number of rotatable bonds is 8. The summed E-state index contributed by atoms with van der Waals surface area (Å²) in [6.07, 6.45) is 0.0406. The van der Waals surface area contributed by atoms with Gasteiger partial charge in [-0.15, -0.1) is 11.3 Å². The van der Waals surface area contributed by atoms with Crippen LogP contribution in [0.5, 0.6) is 0 Å². The number of carbonyl (C=O) groups excluding carboxylic acids is 2. The quantitative estimate of drug-likeness (QED) is 0.675. The van der Waals surface area contributed by atoms with Gasteiger partial charge in [0.05, 0.1) is 6.10 Å². The molecule has 6 nitrogen and oxygen atoms in total. The summed E-state index contributed by atoms with van der Waals surface area (Å²) in [6, 6.07) is 1.83. The molecule has 1 aliphatic carbocycles. The van der Waals surface area contributed by atoms with Gasteiger partial charge in [0, 0.05) is 46.6 Å². The van der Waals surface area contributed by atoms with Crippen LogP contribution in [0.25, 0.3) is 0 Å². The molecule has 2 rings (SSSR count). The highest BCUT2D eigenvalue weighted by Gasteiger charge is 2.66. The van der Waals surface area contributed by atoms with Gasteiger partial charge in [-0.3, -0.25) is 9.59 Å². The Kier molecular flexibility index (Phi) is 5.92. The fraction of sp³-hybridized carbons (Fsp3) is 0.632. The minimum Gasteiger partial charge on any atom is -0.479 e. The average Bonchev–Trinajstić information content (AvgIpc) is 2.89. The van der Waals surface area contributed by atoms with E-state index in [0.717, 1.165) is 9.75 Å². The number of carboxylic acid groups (broad SMARTS) is 1. The van der Waals surface area contributed by atoms with Crippen LogP contribution in [0.2, 0.25) is 0 Å². The van der Waals surface area contributed by atoms with Crippen molar-refractivity contribution in [1.29, 1.82) is 0 Å². The van der Waals surface area contributed by atoms with E-state index in [4.69, 9.17) is 4.74 Å². The average molecular weight is 381 g/mol. The molecule has 0 saturated heterocycles. The third-order valence-corrected chi connectivity index (χ3v) is 6.37. The highest BCUT2D eigenvalue weighted by molar-refractivity contribution is 7.12.